The van der Waals surface area contributed by atoms with Crippen molar-refractivity contribution in [3.63, 3.8) is 0 Å². The predicted molar refractivity (Wildman–Crippen MR) is 133 cm³/mol. The van der Waals surface area contributed by atoms with Crippen molar-refractivity contribution < 1.29 is 9.59 Å². The van der Waals surface area contributed by atoms with Crippen LogP contribution in [-0.2, 0) is 15.3 Å². The monoisotopic (exact) mass is 504 g/mol. The van der Waals surface area contributed by atoms with Crippen LogP contribution in [0, 0.1) is 6.92 Å². The lowest BCUT2D eigenvalue weighted by Gasteiger charge is -2.13. The van der Waals surface area contributed by atoms with Crippen LogP contribution >= 0.6 is 58.4 Å². The first-order valence-electron chi connectivity index (χ1n) is 9.09. The highest BCUT2D eigenvalue weighted by molar-refractivity contribution is 8.26. The molecule has 0 saturated carbocycles. The molecule has 1 aromatic carbocycles. The molecular formula is C20H16N4O2S5. The number of carbonyl (C=O) groups is 2. The van der Waals surface area contributed by atoms with Crippen LogP contribution in [0.3, 0.4) is 0 Å². The zero-order chi connectivity index (χ0) is 21.8. The zero-order valence-electron chi connectivity index (χ0n) is 16.2. The van der Waals surface area contributed by atoms with Crippen LogP contribution in [0.1, 0.15) is 16.0 Å². The van der Waals surface area contributed by atoms with E-state index in [4.69, 9.17) is 12.2 Å². The summed E-state index contributed by atoms with van der Waals surface area (Å²) < 4.78 is 1.14. The molecule has 31 heavy (non-hydrogen) atoms. The van der Waals surface area contributed by atoms with Crippen molar-refractivity contribution in [2.75, 3.05) is 11.9 Å². The van der Waals surface area contributed by atoms with Crippen molar-refractivity contribution in [1.29, 1.82) is 0 Å². The number of thiocarbonyl (C=S) groups is 1. The standard InChI is InChI=1S/C20H16N4O2S5/c1-12-5-2-3-6-13(12)11-29-19-23-22-18(31-19)21-16(25)10-24-17(26)15(30-20(24)27)9-14-7-4-8-28-14/h2-9H,10-11H2,1H3,(H,21,22,25)/b15-9-. The highest BCUT2D eigenvalue weighted by atomic mass is 32.2. The first kappa shape index (κ1) is 22.2. The number of aryl methyl sites for hydroxylation is 1. The first-order valence-corrected chi connectivity index (χ1v) is 13.0. The fraction of sp³-hybridized carbons (Fsp3) is 0.150. The van der Waals surface area contributed by atoms with Crippen molar-refractivity contribution >= 4 is 85.8 Å². The second-order valence-corrected chi connectivity index (χ2v) is 11.3. The van der Waals surface area contributed by atoms with Gasteiger partial charge in [0.25, 0.3) is 5.91 Å². The third-order valence-corrected chi connectivity index (χ3v) is 8.47. The molecule has 0 radical (unpaired) electrons. The van der Waals surface area contributed by atoms with E-state index in [0.717, 1.165) is 15.0 Å². The van der Waals surface area contributed by atoms with Gasteiger partial charge >= 0.3 is 0 Å². The molecule has 1 aliphatic rings. The second-order valence-electron chi connectivity index (χ2n) is 6.42. The van der Waals surface area contributed by atoms with Gasteiger partial charge in [0.1, 0.15) is 10.9 Å². The van der Waals surface area contributed by atoms with Crippen molar-refractivity contribution in [2.24, 2.45) is 0 Å². The summed E-state index contributed by atoms with van der Waals surface area (Å²) >= 11 is 10.9. The third kappa shape index (κ3) is 5.60. The lowest BCUT2D eigenvalue weighted by molar-refractivity contribution is -0.126. The van der Waals surface area contributed by atoms with Gasteiger partial charge in [-0.3, -0.25) is 19.8 Å². The summed E-state index contributed by atoms with van der Waals surface area (Å²) in [4.78, 5) is 27.9. The van der Waals surface area contributed by atoms with Crippen LogP contribution in [0.5, 0.6) is 0 Å². The number of hydrogen-bond acceptors (Lipinski definition) is 9. The number of amides is 2. The van der Waals surface area contributed by atoms with E-state index < -0.39 is 0 Å². The number of thioether (sulfide) groups is 2. The Morgan fingerprint density at radius 3 is 2.87 bits per heavy atom. The number of nitrogens with one attached hydrogen (secondary N) is 1. The van der Waals surface area contributed by atoms with Crippen LogP contribution in [0.15, 0.2) is 51.0 Å². The third-order valence-electron chi connectivity index (χ3n) is 4.26. The average molecular weight is 505 g/mol. The largest absolute Gasteiger partial charge is 0.299 e. The normalized spacial score (nSPS) is 15.1. The summed E-state index contributed by atoms with van der Waals surface area (Å²) in [5.41, 5.74) is 2.46. The van der Waals surface area contributed by atoms with Gasteiger partial charge in [0.05, 0.1) is 4.91 Å². The molecule has 0 spiro atoms. The molecule has 1 aliphatic heterocycles. The maximum absolute atomic E-state index is 12.6. The number of nitrogens with zero attached hydrogens (tertiary/aromatic N) is 3. The fourth-order valence-electron chi connectivity index (χ4n) is 2.67. The zero-order valence-corrected chi connectivity index (χ0v) is 20.3. The van der Waals surface area contributed by atoms with Crippen molar-refractivity contribution in [1.82, 2.24) is 15.1 Å². The Labute approximate surface area is 201 Å². The highest BCUT2D eigenvalue weighted by Crippen LogP contribution is 2.33. The summed E-state index contributed by atoms with van der Waals surface area (Å²) in [6, 6.07) is 12.0. The molecule has 2 aromatic heterocycles. The quantitative estimate of drug-likeness (QED) is 0.209. The van der Waals surface area contributed by atoms with Gasteiger partial charge < -0.3 is 0 Å². The Morgan fingerprint density at radius 2 is 2.10 bits per heavy atom. The molecule has 0 aliphatic carbocycles. The maximum atomic E-state index is 12.6. The molecule has 0 atom stereocenters. The number of anilines is 1. The molecule has 1 saturated heterocycles. The van der Waals surface area contributed by atoms with E-state index in [9.17, 15) is 9.59 Å². The number of thiophene rings is 1. The van der Waals surface area contributed by atoms with Gasteiger partial charge in [0.2, 0.25) is 11.0 Å². The van der Waals surface area contributed by atoms with E-state index in [1.54, 1.807) is 17.8 Å². The number of rotatable bonds is 7. The van der Waals surface area contributed by atoms with Gasteiger partial charge in [-0.1, -0.05) is 77.4 Å². The van der Waals surface area contributed by atoms with Crippen LogP contribution in [0.25, 0.3) is 6.08 Å². The molecule has 4 rings (SSSR count). The minimum absolute atomic E-state index is 0.155. The summed E-state index contributed by atoms with van der Waals surface area (Å²) in [6.07, 6.45) is 1.80. The summed E-state index contributed by atoms with van der Waals surface area (Å²) in [5.74, 6) is 0.160. The van der Waals surface area contributed by atoms with Crippen molar-refractivity contribution in [3.8, 4) is 0 Å². The highest BCUT2D eigenvalue weighted by Gasteiger charge is 2.33. The van der Waals surface area contributed by atoms with Crippen LogP contribution in [-0.4, -0.2) is 37.8 Å². The smallest absolute Gasteiger partial charge is 0.266 e. The molecule has 1 fully saturated rings. The van der Waals surface area contributed by atoms with Gasteiger partial charge in [0.15, 0.2) is 4.34 Å². The SMILES string of the molecule is Cc1ccccc1CSc1nnc(NC(=O)CN2C(=O)/C(=C/c3cccs3)SC2=S)s1. The van der Waals surface area contributed by atoms with E-state index >= 15 is 0 Å². The Bertz CT molecular complexity index is 1160. The van der Waals surface area contributed by atoms with Gasteiger partial charge in [-0.2, -0.15) is 0 Å². The van der Waals surface area contributed by atoms with Crippen LogP contribution in [0.2, 0.25) is 0 Å². The van der Waals surface area contributed by atoms with Gasteiger partial charge in [-0.15, -0.1) is 21.5 Å². The number of aromatic nitrogens is 2. The van der Waals surface area contributed by atoms with E-state index in [2.05, 4.69) is 34.6 Å². The van der Waals surface area contributed by atoms with Crippen molar-refractivity contribution in [3.05, 3.63) is 62.7 Å². The molecule has 0 unspecified atom stereocenters. The molecule has 3 heterocycles. The summed E-state index contributed by atoms with van der Waals surface area (Å²) in [7, 11) is 0. The Balaban J connectivity index is 1.32. The molecule has 2 amide bonds. The molecule has 158 valence electrons. The summed E-state index contributed by atoms with van der Waals surface area (Å²) in [5, 5.41) is 13.2. The number of carbonyl (C=O) groups excluding carboxylic acids is 2. The predicted octanol–water partition coefficient (Wildman–Crippen LogP) is 5.04. The lowest BCUT2D eigenvalue weighted by atomic mass is 10.1. The lowest BCUT2D eigenvalue weighted by Crippen LogP contribution is -2.36. The molecule has 0 bridgehead atoms. The number of benzene rings is 1. The van der Waals surface area contributed by atoms with Crippen LogP contribution < -0.4 is 5.32 Å². The molecule has 1 N–H and O–H groups in total. The first-order chi connectivity index (χ1) is 15.0. The summed E-state index contributed by atoms with van der Waals surface area (Å²) in [6.45, 7) is 1.92. The Kier molecular flexibility index (Phi) is 7.18. The average Bonchev–Trinajstić information content (AvgIpc) is 3.47. The molecular weight excluding hydrogens is 489 g/mol. The van der Waals surface area contributed by atoms with Gasteiger partial charge in [-0.05, 0) is 35.6 Å². The maximum Gasteiger partial charge on any atom is 0.266 e. The topological polar surface area (TPSA) is 75.2 Å². The van der Waals surface area contributed by atoms with Gasteiger partial charge in [0, 0.05) is 10.6 Å². The Morgan fingerprint density at radius 1 is 1.26 bits per heavy atom. The van der Waals surface area contributed by atoms with E-state index in [1.165, 1.54) is 50.5 Å². The van der Waals surface area contributed by atoms with Crippen molar-refractivity contribution in [2.45, 2.75) is 17.0 Å². The fourth-order valence-corrected chi connectivity index (χ4v) is 6.49. The number of hydrogen-bond donors (Lipinski definition) is 1. The minimum Gasteiger partial charge on any atom is -0.299 e. The minimum atomic E-state index is -0.361. The Hall–Kier alpha value is -2.05. The molecule has 6 nitrogen and oxygen atoms in total. The van der Waals surface area contributed by atoms with E-state index in [-0.39, 0.29) is 18.4 Å². The molecule has 11 heteroatoms. The van der Waals surface area contributed by atoms with Crippen LogP contribution in [0.4, 0.5) is 5.13 Å². The van der Waals surface area contributed by atoms with E-state index in [1.807, 2.05) is 29.6 Å². The molecule has 3 aromatic rings. The van der Waals surface area contributed by atoms with Gasteiger partial charge in [-0.25, -0.2) is 0 Å². The second kappa shape index (κ2) is 10.0. The van der Waals surface area contributed by atoms with E-state index in [0.29, 0.717) is 14.4 Å².